The molecule has 0 bridgehead atoms. The molecule has 0 aromatic heterocycles. The zero-order valence-corrected chi connectivity index (χ0v) is 12.6. The Morgan fingerprint density at radius 2 is 1.95 bits per heavy atom. The minimum atomic E-state index is -3.56. The fraction of sp³-hybridized carbons (Fsp3) is 0.538. The second-order valence-electron chi connectivity index (χ2n) is 5.21. The van der Waals surface area contributed by atoms with Crippen LogP contribution in [0.4, 0.5) is 5.69 Å². The second kappa shape index (κ2) is 6.30. The molecule has 7 heteroatoms. The summed E-state index contributed by atoms with van der Waals surface area (Å²) in [6, 6.07) is 4.27. The van der Waals surface area contributed by atoms with Crippen molar-refractivity contribution in [3.63, 3.8) is 0 Å². The Kier molecular flexibility index (Phi) is 4.90. The van der Waals surface area contributed by atoms with Crippen LogP contribution in [-0.4, -0.2) is 26.2 Å². The molecule has 1 aromatic rings. The van der Waals surface area contributed by atoms with Gasteiger partial charge in [0.05, 0.1) is 21.7 Å². The topological polar surface area (TPSA) is 92.4 Å². The average molecular weight is 319 g/mol. The Labute approximate surface area is 124 Å². The van der Waals surface area contributed by atoms with Crippen LogP contribution in [0.1, 0.15) is 25.7 Å². The Morgan fingerprint density at radius 3 is 2.55 bits per heavy atom. The van der Waals surface area contributed by atoms with E-state index in [1.54, 1.807) is 0 Å². The molecule has 0 amide bonds. The highest BCUT2D eigenvalue weighted by Crippen LogP contribution is 2.25. The van der Waals surface area contributed by atoms with Gasteiger partial charge in [-0.15, -0.1) is 0 Å². The third-order valence-corrected chi connectivity index (χ3v) is 5.42. The van der Waals surface area contributed by atoms with Crippen LogP contribution in [0.3, 0.4) is 0 Å². The SMILES string of the molecule is Nc1cc(S(=O)(=O)NCC2CCC(O)CC2)ccc1Cl. The van der Waals surface area contributed by atoms with E-state index >= 15 is 0 Å². The van der Waals surface area contributed by atoms with Crippen molar-refractivity contribution in [2.24, 2.45) is 5.92 Å². The van der Waals surface area contributed by atoms with Crippen molar-refractivity contribution in [1.29, 1.82) is 0 Å². The third-order valence-electron chi connectivity index (χ3n) is 3.66. The van der Waals surface area contributed by atoms with Crippen LogP contribution < -0.4 is 10.5 Å². The molecule has 1 aromatic carbocycles. The number of nitrogen functional groups attached to an aromatic ring is 1. The fourth-order valence-corrected chi connectivity index (χ4v) is 3.62. The van der Waals surface area contributed by atoms with Crippen molar-refractivity contribution in [3.05, 3.63) is 23.2 Å². The minimum absolute atomic E-state index is 0.121. The molecule has 5 nitrogen and oxygen atoms in total. The van der Waals surface area contributed by atoms with Gasteiger partial charge in [-0.25, -0.2) is 13.1 Å². The van der Waals surface area contributed by atoms with E-state index in [0.29, 0.717) is 11.6 Å². The number of hydrogen-bond acceptors (Lipinski definition) is 4. The molecule has 1 aliphatic rings. The molecule has 1 saturated carbocycles. The predicted octanol–water partition coefficient (Wildman–Crippen LogP) is 1.75. The Hall–Kier alpha value is -0.820. The number of benzene rings is 1. The van der Waals surface area contributed by atoms with Crippen molar-refractivity contribution in [1.82, 2.24) is 4.72 Å². The van der Waals surface area contributed by atoms with E-state index in [9.17, 15) is 13.5 Å². The fourth-order valence-electron chi connectivity index (χ4n) is 2.35. The van der Waals surface area contributed by atoms with Gasteiger partial charge in [0.15, 0.2) is 0 Å². The highest BCUT2D eigenvalue weighted by molar-refractivity contribution is 7.89. The predicted molar refractivity (Wildman–Crippen MR) is 79.0 cm³/mol. The van der Waals surface area contributed by atoms with E-state index in [-0.39, 0.29) is 22.6 Å². The van der Waals surface area contributed by atoms with E-state index in [1.807, 2.05) is 0 Å². The number of rotatable bonds is 4. The number of aliphatic hydroxyl groups is 1. The molecular formula is C13H19ClN2O3S. The lowest BCUT2D eigenvalue weighted by Crippen LogP contribution is -2.32. The quantitative estimate of drug-likeness (QED) is 0.737. The molecule has 0 atom stereocenters. The first-order valence-corrected chi connectivity index (χ1v) is 8.47. The van der Waals surface area contributed by atoms with Gasteiger partial charge in [-0.05, 0) is 49.8 Å². The van der Waals surface area contributed by atoms with Crippen LogP contribution in [-0.2, 0) is 10.0 Å². The minimum Gasteiger partial charge on any atom is -0.397 e. The summed E-state index contributed by atoms with van der Waals surface area (Å²) in [7, 11) is -3.56. The summed E-state index contributed by atoms with van der Waals surface area (Å²) in [6.45, 7) is 0.386. The zero-order chi connectivity index (χ0) is 14.8. The van der Waals surface area contributed by atoms with Gasteiger partial charge in [-0.2, -0.15) is 0 Å². The van der Waals surface area contributed by atoms with Crippen molar-refractivity contribution < 1.29 is 13.5 Å². The van der Waals surface area contributed by atoms with Crippen LogP contribution in [0.25, 0.3) is 0 Å². The van der Waals surface area contributed by atoms with Crippen LogP contribution in [0.2, 0.25) is 5.02 Å². The molecule has 0 spiro atoms. The van der Waals surface area contributed by atoms with Gasteiger partial charge in [0, 0.05) is 6.54 Å². The first kappa shape index (κ1) is 15.6. The first-order valence-electron chi connectivity index (χ1n) is 6.61. The van der Waals surface area contributed by atoms with Crippen LogP contribution in [0, 0.1) is 5.92 Å². The number of anilines is 1. The number of aliphatic hydroxyl groups excluding tert-OH is 1. The Balaban J connectivity index is 1.98. The van der Waals surface area contributed by atoms with Gasteiger partial charge < -0.3 is 10.8 Å². The summed E-state index contributed by atoms with van der Waals surface area (Å²) in [5.41, 5.74) is 5.87. The highest BCUT2D eigenvalue weighted by atomic mass is 35.5. The van der Waals surface area contributed by atoms with Crippen molar-refractivity contribution in [2.75, 3.05) is 12.3 Å². The molecule has 0 heterocycles. The molecule has 4 N–H and O–H groups in total. The van der Waals surface area contributed by atoms with Gasteiger partial charge in [0.25, 0.3) is 0 Å². The number of nitrogens with one attached hydrogen (secondary N) is 1. The monoisotopic (exact) mass is 318 g/mol. The highest BCUT2D eigenvalue weighted by Gasteiger charge is 2.22. The van der Waals surface area contributed by atoms with E-state index in [4.69, 9.17) is 17.3 Å². The number of halogens is 1. The molecule has 0 saturated heterocycles. The van der Waals surface area contributed by atoms with Crippen LogP contribution >= 0.6 is 11.6 Å². The Bertz CT molecular complexity index is 569. The molecule has 112 valence electrons. The lowest BCUT2D eigenvalue weighted by Gasteiger charge is -2.25. The summed E-state index contributed by atoms with van der Waals surface area (Å²) in [5.74, 6) is 0.276. The maximum atomic E-state index is 12.1. The molecule has 1 fully saturated rings. The lowest BCUT2D eigenvalue weighted by atomic mass is 9.88. The molecule has 0 aliphatic heterocycles. The first-order chi connectivity index (χ1) is 9.38. The normalized spacial score (nSPS) is 23.7. The molecule has 0 unspecified atom stereocenters. The zero-order valence-electron chi connectivity index (χ0n) is 11.0. The van der Waals surface area contributed by atoms with Crippen molar-refractivity contribution in [2.45, 2.75) is 36.7 Å². The maximum absolute atomic E-state index is 12.1. The van der Waals surface area contributed by atoms with E-state index < -0.39 is 10.0 Å². The number of hydrogen-bond donors (Lipinski definition) is 3. The molecule has 2 rings (SSSR count). The van der Waals surface area contributed by atoms with Crippen LogP contribution in [0.15, 0.2) is 23.1 Å². The average Bonchev–Trinajstić information content (AvgIpc) is 2.41. The molecule has 1 aliphatic carbocycles. The van der Waals surface area contributed by atoms with Gasteiger partial charge in [0.1, 0.15) is 0 Å². The maximum Gasteiger partial charge on any atom is 0.240 e. The standard InChI is InChI=1S/C13H19ClN2O3S/c14-12-6-5-11(7-13(12)15)20(18,19)16-8-9-1-3-10(17)4-2-9/h5-7,9-10,16-17H,1-4,8,15H2. The smallest absolute Gasteiger partial charge is 0.240 e. The summed E-state index contributed by atoms with van der Waals surface area (Å²) in [4.78, 5) is 0.121. The lowest BCUT2D eigenvalue weighted by molar-refractivity contribution is 0.109. The van der Waals surface area contributed by atoms with Crippen molar-refractivity contribution >= 4 is 27.3 Å². The van der Waals surface area contributed by atoms with Gasteiger partial charge in [0.2, 0.25) is 10.0 Å². The third kappa shape index (κ3) is 3.85. The summed E-state index contributed by atoms with van der Waals surface area (Å²) in [6.07, 6.45) is 2.92. The summed E-state index contributed by atoms with van der Waals surface area (Å²) in [5, 5.41) is 9.76. The van der Waals surface area contributed by atoms with Crippen LogP contribution in [0.5, 0.6) is 0 Å². The van der Waals surface area contributed by atoms with E-state index in [1.165, 1.54) is 18.2 Å². The molecule has 0 radical (unpaired) electrons. The number of sulfonamides is 1. The van der Waals surface area contributed by atoms with Crippen molar-refractivity contribution in [3.8, 4) is 0 Å². The Morgan fingerprint density at radius 1 is 1.30 bits per heavy atom. The van der Waals surface area contributed by atoms with Gasteiger partial charge >= 0.3 is 0 Å². The molecular weight excluding hydrogens is 300 g/mol. The summed E-state index contributed by atoms with van der Waals surface area (Å²) >= 11 is 5.78. The number of nitrogens with two attached hydrogens (primary N) is 1. The van der Waals surface area contributed by atoms with E-state index in [0.717, 1.165) is 25.7 Å². The summed E-state index contributed by atoms with van der Waals surface area (Å²) < 4.78 is 26.9. The van der Waals surface area contributed by atoms with E-state index in [2.05, 4.69) is 4.72 Å². The largest absolute Gasteiger partial charge is 0.397 e. The molecule has 20 heavy (non-hydrogen) atoms. The van der Waals surface area contributed by atoms with Gasteiger partial charge in [-0.3, -0.25) is 0 Å². The second-order valence-corrected chi connectivity index (χ2v) is 7.38. The van der Waals surface area contributed by atoms with Gasteiger partial charge in [-0.1, -0.05) is 11.6 Å².